The molecule has 1 heterocycles. The van der Waals surface area contributed by atoms with Crippen LogP contribution in [0.1, 0.15) is 25.8 Å². The Morgan fingerprint density at radius 1 is 1.50 bits per heavy atom. The minimum atomic E-state index is -0.484. The Morgan fingerprint density at radius 3 is 2.90 bits per heavy atom. The number of hydrogen-bond donors (Lipinski definition) is 1. The summed E-state index contributed by atoms with van der Waals surface area (Å²) in [5.74, 6) is 0.784. The van der Waals surface area contributed by atoms with Crippen molar-refractivity contribution in [2.75, 3.05) is 13.2 Å². The van der Waals surface area contributed by atoms with E-state index in [-0.39, 0.29) is 11.9 Å². The van der Waals surface area contributed by atoms with Crippen molar-refractivity contribution in [1.82, 2.24) is 5.32 Å². The highest BCUT2D eigenvalue weighted by molar-refractivity contribution is 8.00. The lowest BCUT2D eigenvalue weighted by Gasteiger charge is -2.25. The molecule has 1 N–H and O–H groups in total. The molecule has 0 radical (unpaired) electrons. The Bertz CT molecular complexity index is 473. The topological polar surface area (TPSA) is 38.3 Å². The first-order chi connectivity index (χ1) is 9.49. The zero-order chi connectivity index (χ0) is 14.6. The zero-order valence-electron chi connectivity index (χ0n) is 11.8. The maximum absolute atomic E-state index is 12.3. The van der Waals surface area contributed by atoms with Crippen LogP contribution in [-0.4, -0.2) is 29.9 Å². The summed E-state index contributed by atoms with van der Waals surface area (Å²) in [5.41, 5.74) is 1.06. The second-order valence-electron chi connectivity index (χ2n) is 5.42. The molecule has 0 aliphatic carbocycles. The molecule has 1 aromatic rings. The summed E-state index contributed by atoms with van der Waals surface area (Å²) < 4.78 is 4.79. The number of carbonyl (C=O) groups is 1. The minimum absolute atomic E-state index is 0.0602. The highest BCUT2D eigenvalue weighted by atomic mass is 35.5. The smallest absolute Gasteiger partial charge is 0.235 e. The van der Waals surface area contributed by atoms with E-state index in [0.717, 1.165) is 29.4 Å². The van der Waals surface area contributed by atoms with Gasteiger partial charge in [0.15, 0.2) is 0 Å². The fourth-order valence-corrected chi connectivity index (χ4v) is 3.19. The Morgan fingerprint density at radius 2 is 2.25 bits per heavy atom. The minimum Gasteiger partial charge on any atom is -0.379 e. The van der Waals surface area contributed by atoms with Gasteiger partial charge < -0.3 is 10.1 Å². The van der Waals surface area contributed by atoms with E-state index < -0.39 is 4.75 Å². The summed E-state index contributed by atoms with van der Waals surface area (Å²) in [6.07, 6.45) is 0.900. The molecular weight excluding hydrogens is 294 g/mol. The third-order valence-corrected chi connectivity index (χ3v) is 5.09. The average Bonchev–Trinajstić information content (AvgIpc) is 2.90. The second kappa shape index (κ2) is 6.83. The van der Waals surface area contributed by atoms with Gasteiger partial charge in [0.1, 0.15) is 0 Å². The number of ether oxygens (including phenoxy) is 1. The number of amides is 1. The van der Waals surface area contributed by atoms with Gasteiger partial charge in [-0.05, 0) is 31.9 Å². The van der Waals surface area contributed by atoms with Crippen LogP contribution in [0.15, 0.2) is 24.3 Å². The van der Waals surface area contributed by atoms with Crippen molar-refractivity contribution in [1.29, 1.82) is 0 Å². The summed E-state index contributed by atoms with van der Waals surface area (Å²) >= 11 is 7.74. The average molecular weight is 314 g/mol. The molecule has 2 rings (SSSR count). The van der Waals surface area contributed by atoms with Crippen LogP contribution in [0.25, 0.3) is 0 Å². The van der Waals surface area contributed by atoms with Crippen molar-refractivity contribution >= 4 is 29.3 Å². The van der Waals surface area contributed by atoms with Crippen molar-refractivity contribution in [3.05, 3.63) is 34.9 Å². The van der Waals surface area contributed by atoms with Crippen molar-refractivity contribution in [2.24, 2.45) is 0 Å². The van der Waals surface area contributed by atoms with E-state index in [0.29, 0.717) is 6.61 Å². The van der Waals surface area contributed by atoms with E-state index in [1.807, 2.05) is 38.1 Å². The maximum Gasteiger partial charge on any atom is 0.235 e. The molecule has 1 atom stereocenters. The molecule has 5 heteroatoms. The van der Waals surface area contributed by atoms with Crippen molar-refractivity contribution in [3.8, 4) is 0 Å². The monoisotopic (exact) mass is 313 g/mol. The largest absolute Gasteiger partial charge is 0.379 e. The maximum atomic E-state index is 12.3. The molecule has 0 saturated carbocycles. The zero-order valence-corrected chi connectivity index (χ0v) is 13.4. The summed E-state index contributed by atoms with van der Waals surface area (Å²) in [5, 5.41) is 3.80. The van der Waals surface area contributed by atoms with E-state index in [4.69, 9.17) is 16.3 Å². The normalized spacial score (nSPS) is 19.1. The molecule has 1 aliphatic rings. The van der Waals surface area contributed by atoms with Crippen LogP contribution in [0.4, 0.5) is 0 Å². The molecule has 20 heavy (non-hydrogen) atoms. The molecule has 1 amide bonds. The predicted octanol–water partition coefficient (Wildman–Crippen LogP) is 3.26. The quantitative estimate of drug-likeness (QED) is 0.907. The summed E-state index contributed by atoms with van der Waals surface area (Å²) in [7, 11) is 0. The van der Waals surface area contributed by atoms with Crippen LogP contribution in [-0.2, 0) is 15.3 Å². The Hall–Kier alpha value is -0.710. The molecule has 1 aliphatic heterocycles. The van der Waals surface area contributed by atoms with Crippen LogP contribution >= 0.6 is 23.4 Å². The van der Waals surface area contributed by atoms with Gasteiger partial charge in [0.2, 0.25) is 5.91 Å². The third kappa shape index (κ3) is 4.14. The second-order valence-corrected chi connectivity index (χ2v) is 7.43. The highest BCUT2D eigenvalue weighted by Crippen LogP contribution is 2.31. The Kier molecular flexibility index (Phi) is 5.35. The molecule has 110 valence electrons. The van der Waals surface area contributed by atoms with Gasteiger partial charge in [0.05, 0.1) is 17.4 Å². The summed E-state index contributed by atoms with van der Waals surface area (Å²) in [4.78, 5) is 12.3. The molecule has 3 nitrogen and oxygen atoms in total. The van der Waals surface area contributed by atoms with Crippen LogP contribution in [0.2, 0.25) is 5.02 Å². The van der Waals surface area contributed by atoms with E-state index in [9.17, 15) is 4.79 Å². The van der Waals surface area contributed by atoms with Crippen LogP contribution in [0.5, 0.6) is 0 Å². The van der Waals surface area contributed by atoms with Gasteiger partial charge in [-0.1, -0.05) is 29.8 Å². The number of benzene rings is 1. The van der Waals surface area contributed by atoms with Crippen molar-refractivity contribution < 1.29 is 9.53 Å². The Labute approximate surface area is 129 Å². The van der Waals surface area contributed by atoms with Gasteiger partial charge in [-0.3, -0.25) is 4.79 Å². The predicted molar refractivity (Wildman–Crippen MR) is 84.2 cm³/mol. The lowest BCUT2D eigenvalue weighted by atomic mass is 10.1. The summed E-state index contributed by atoms with van der Waals surface area (Å²) in [6.45, 7) is 5.24. The third-order valence-electron chi connectivity index (χ3n) is 3.36. The molecule has 1 aromatic carbocycles. The van der Waals surface area contributed by atoms with Gasteiger partial charge >= 0.3 is 0 Å². The number of halogens is 1. The number of nitrogens with one attached hydrogen (secondary N) is 1. The molecule has 0 spiro atoms. The van der Waals surface area contributed by atoms with E-state index in [1.54, 1.807) is 11.8 Å². The molecule has 1 unspecified atom stereocenters. The number of hydrogen-bond acceptors (Lipinski definition) is 3. The Balaban J connectivity index is 1.89. The first-order valence-electron chi connectivity index (χ1n) is 6.75. The van der Waals surface area contributed by atoms with E-state index in [1.165, 1.54) is 0 Å². The number of rotatable bonds is 5. The first kappa shape index (κ1) is 15.7. The lowest BCUT2D eigenvalue weighted by molar-refractivity contribution is -0.123. The van der Waals surface area contributed by atoms with E-state index >= 15 is 0 Å². The van der Waals surface area contributed by atoms with Crippen LogP contribution < -0.4 is 5.32 Å². The molecule has 0 aromatic heterocycles. The standard InChI is InChI=1S/C15H20ClNO2S/c1-15(2,14(18)17-12-7-8-19-9-12)20-10-11-5-3-4-6-13(11)16/h3-6,12H,7-10H2,1-2H3,(H,17,18). The fraction of sp³-hybridized carbons (Fsp3) is 0.533. The highest BCUT2D eigenvalue weighted by Gasteiger charge is 2.31. The van der Waals surface area contributed by atoms with Gasteiger partial charge in [-0.25, -0.2) is 0 Å². The summed E-state index contributed by atoms with van der Waals surface area (Å²) in [6, 6.07) is 7.90. The van der Waals surface area contributed by atoms with Crippen molar-refractivity contribution in [3.63, 3.8) is 0 Å². The lowest BCUT2D eigenvalue weighted by Crippen LogP contribution is -2.45. The SMILES string of the molecule is CC(C)(SCc1ccccc1Cl)C(=O)NC1CCOC1. The number of thioether (sulfide) groups is 1. The van der Waals surface area contributed by atoms with Gasteiger partial charge in [0, 0.05) is 17.4 Å². The van der Waals surface area contributed by atoms with E-state index in [2.05, 4.69) is 5.32 Å². The van der Waals surface area contributed by atoms with Gasteiger partial charge in [-0.15, -0.1) is 11.8 Å². The van der Waals surface area contributed by atoms with Gasteiger partial charge in [-0.2, -0.15) is 0 Å². The molecule has 1 fully saturated rings. The molecular formula is C15H20ClNO2S. The van der Waals surface area contributed by atoms with Crippen molar-refractivity contribution in [2.45, 2.75) is 36.8 Å². The van der Waals surface area contributed by atoms with Gasteiger partial charge in [0.25, 0.3) is 0 Å². The molecule has 1 saturated heterocycles. The molecule has 0 bridgehead atoms. The number of carbonyl (C=O) groups excluding carboxylic acids is 1. The van der Waals surface area contributed by atoms with Crippen LogP contribution in [0, 0.1) is 0 Å². The fourth-order valence-electron chi connectivity index (χ4n) is 1.95. The first-order valence-corrected chi connectivity index (χ1v) is 8.11. The van der Waals surface area contributed by atoms with Crippen LogP contribution in [0.3, 0.4) is 0 Å².